The Morgan fingerprint density at radius 3 is 2.33 bits per heavy atom. The van der Waals surface area contributed by atoms with E-state index < -0.39 is 0 Å². The Hall–Kier alpha value is -1.83. The van der Waals surface area contributed by atoms with Gasteiger partial charge in [-0.2, -0.15) is 0 Å². The molecule has 5 heteroatoms. The molecule has 3 aromatic rings. The summed E-state index contributed by atoms with van der Waals surface area (Å²) in [6.07, 6.45) is 0. The molecule has 0 fully saturated rings. The Morgan fingerprint density at radius 2 is 1.72 bits per heavy atom. The molecule has 0 bridgehead atoms. The first-order valence-electron chi connectivity index (χ1n) is 5.58. The van der Waals surface area contributed by atoms with Crippen molar-refractivity contribution in [1.29, 1.82) is 0 Å². The third-order valence-corrected chi connectivity index (χ3v) is 3.00. The van der Waals surface area contributed by atoms with Crippen molar-refractivity contribution in [3.05, 3.63) is 48.0 Å². The lowest BCUT2D eigenvalue weighted by molar-refractivity contribution is 0.597. The molecule has 0 amide bonds. The van der Waals surface area contributed by atoms with E-state index in [1.165, 1.54) is 0 Å². The second-order valence-corrected chi connectivity index (χ2v) is 4.30. The third-order valence-electron chi connectivity index (χ3n) is 2.74. The van der Waals surface area contributed by atoms with Crippen LogP contribution in [-0.4, -0.2) is 31.6 Å². The van der Waals surface area contributed by atoms with Gasteiger partial charge < -0.3 is 3.79 Å². The summed E-state index contributed by atoms with van der Waals surface area (Å²) in [5, 5.41) is 8.90. The van der Waals surface area contributed by atoms with Crippen LogP contribution in [0.1, 0.15) is 5.56 Å². The number of hydrogen-bond donors (Lipinski definition) is 0. The SMILES string of the molecule is Cc1ccc([O][Al])c(-n2nc3ccccc3n2)c1. The quantitative estimate of drug-likeness (QED) is 0.655. The largest absolute Gasteiger partial charge is 0.652 e. The van der Waals surface area contributed by atoms with Crippen molar-refractivity contribution < 1.29 is 3.79 Å². The Bertz CT molecular complexity index is 675. The standard InChI is InChI=1S/C13H11N3O.Al/c1-9-6-7-13(17)12(8-9)16-14-10-4-2-3-5-11(10)15-16;/h2-8,17H,1H3;/q;+1/p-1. The van der Waals surface area contributed by atoms with Crippen molar-refractivity contribution >= 4 is 27.7 Å². The van der Waals surface area contributed by atoms with Crippen LogP contribution in [-0.2, 0) is 0 Å². The fourth-order valence-electron chi connectivity index (χ4n) is 1.85. The van der Waals surface area contributed by atoms with Gasteiger partial charge in [0.05, 0.1) is 0 Å². The van der Waals surface area contributed by atoms with Gasteiger partial charge in [-0.25, -0.2) is 0 Å². The summed E-state index contributed by atoms with van der Waals surface area (Å²) in [6.45, 7) is 2.03. The van der Waals surface area contributed by atoms with Crippen molar-refractivity contribution in [2.45, 2.75) is 6.92 Å². The Morgan fingerprint density at radius 1 is 1.06 bits per heavy atom. The van der Waals surface area contributed by atoms with E-state index in [4.69, 9.17) is 3.79 Å². The number of benzene rings is 2. The van der Waals surface area contributed by atoms with Crippen molar-refractivity contribution in [1.82, 2.24) is 15.0 Å². The number of nitrogens with zero attached hydrogens (tertiary/aromatic N) is 3. The summed E-state index contributed by atoms with van der Waals surface area (Å²) in [6, 6.07) is 13.7. The maximum atomic E-state index is 5.27. The number of aromatic nitrogens is 3. The summed E-state index contributed by atoms with van der Waals surface area (Å²) in [4.78, 5) is 1.61. The lowest BCUT2D eigenvalue weighted by Crippen LogP contribution is -2.02. The smallest absolute Gasteiger partial charge is 0.482 e. The molecule has 0 unspecified atom stereocenters. The first-order chi connectivity index (χ1) is 8.78. The van der Waals surface area contributed by atoms with Gasteiger partial charge in [-0.15, -0.1) is 15.0 Å². The van der Waals surface area contributed by atoms with Gasteiger partial charge in [-0.05, 0) is 36.8 Å². The van der Waals surface area contributed by atoms with Crippen LogP contribution >= 0.6 is 0 Å². The van der Waals surface area contributed by atoms with Crippen molar-refractivity contribution in [2.75, 3.05) is 0 Å². The van der Waals surface area contributed by atoms with Crippen LogP contribution in [0.2, 0.25) is 0 Å². The van der Waals surface area contributed by atoms with Crippen LogP contribution in [0.5, 0.6) is 5.75 Å². The molecule has 1 heterocycles. The Labute approximate surface area is 113 Å². The van der Waals surface area contributed by atoms with E-state index in [1.807, 2.05) is 49.4 Å². The summed E-state index contributed by atoms with van der Waals surface area (Å²) >= 11 is 2.25. The molecule has 0 aliphatic heterocycles. The van der Waals surface area contributed by atoms with E-state index >= 15 is 0 Å². The van der Waals surface area contributed by atoms with Crippen molar-refractivity contribution in [2.24, 2.45) is 0 Å². The highest BCUT2D eigenvalue weighted by atomic mass is 27.1. The average molecular weight is 251 g/mol. The first-order valence-corrected chi connectivity index (χ1v) is 6.05. The van der Waals surface area contributed by atoms with Gasteiger partial charge >= 0.3 is 16.6 Å². The van der Waals surface area contributed by atoms with E-state index in [0.29, 0.717) is 0 Å². The number of fused-ring (bicyclic) bond motifs is 1. The fraction of sp³-hybridized carbons (Fsp3) is 0.0769. The van der Waals surface area contributed by atoms with E-state index in [2.05, 4.69) is 26.8 Å². The zero-order valence-corrected chi connectivity index (χ0v) is 11.0. The number of hydrogen-bond acceptors (Lipinski definition) is 3. The van der Waals surface area contributed by atoms with Gasteiger partial charge in [0.25, 0.3) is 0 Å². The third kappa shape index (κ3) is 1.88. The predicted molar refractivity (Wildman–Crippen MR) is 70.0 cm³/mol. The van der Waals surface area contributed by atoms with E-state index in [9.17, 15) is 0 Å². The van der Waals surface area contributed by atoms with Crippen LogP contribution < -0.4 is 3.79 Å². The first kappa shape index (κ1) is 11.3. The fourth-order valence-corrected chi connectivity index (χ4v) is 2.05. The molecule has 86 valence electrons. The summed E-state index contributed by atoms with van der Waals surface area (Å²) in [5.74, 6) is 0.728. The molecule has 18 heavy (non-hydrogen) atoms. The molecule has 2 radical (unpaired) electrons. The number of aryl methyl sites for hydroxylation is 1. The van der Waals surface area contributed by atoms with Crippen molar-refractivity contribution in [3.8, 4) is 11.4 Å². The van der Waals surface area contributed by atoms with Crippen molar-refractivity contribution in [3.63, 3.8) is 0 Å². The van der Waals surface area contributed by atoms with Gasteiger partial charge in [0.2, 0.25) is 0 Å². The minimum Gasteiger partial charge on any atom is -0.652 e. The maximum Gasteiger partial charge on any atom is 0.482 e. The lowest BCUT2D eigenvalue weighted by Gasteiger charge is -2.09. The molecule has 0 saturated heterocycles. The molecule has 0 atom stereocenters. The zero-order valence-electron chi connectivity index (χ0n) is 9.87. The Balaban J connectivity index is 2.22. The molecule has 0 aliphatic carbocycles. The van der Waals surface area contributed by atoms with Crippen LogP contribution in [0.15, 0.2) is 42.5 Å². The molecule has 0 saturated carbocycles. The van der Waals surface area contributed by atoms with E-state index in [0.717, 1.165) is 28.0 Å². The molecular weight excluding hydrogens is 241 g/mol. The monoisotopic (exact) mass is 251 g/mol. The minimum absolute atomic E-state index is 0.728. The molecule has 2 aromatic carbocycles. The molecule has 3 rings (SSSR count). The van der Waals surface area contributed by atoms with E-state index in [-0.39, 0.29) is 0 Å². The molecule has 0 aliphatic rings. The van der Waals surface area contributed by atoms with Gasteiger partial charge in [0.1, 0.15) is 22.5 Å². The topological polar surface area (TPSA) is 39.9 Å². The summed E-state index contributed by atoms with van der Waals surface area (Å²) in [7, 11) is 0. The predicted octanol–water partition coefficient (Wildman–Crippen LogP) is 2.19. The molecule has 0 N–H and O–H groups in total. The van der Waals surface area contributed by atoms with Crippen LogP contribution in [0, 0.1) is 6.92 Å². The molecule has 4 nitrogen and oxygen atoms in total. The lowest BCUT2D eigenvalue weighted by atomic mass is 10.2. The molecule has 0 spiro atoms. The average Bonchev–Trinajstić information content (AvgIpc) is 2.82. The second-order valence-electron chi connectivity index (χ2n) is 4.07. The second kappa shape index (κ2) is 4.45. The highest BCUT2D eigenvalue weighted by molar-refractivity contribution is 6.00. The number of rotatable bonds is 2. The normalized spacial score (nSPS) is 10.7. The summed E-state index contributed by atoms with van der Waals surface area (Å²) in [5.41, 5.74) is 3.71. The summed E-state index contributed by atoms with van der Waals surface area (Å²) < 4.78 is 5.27. The van der Waals surface area contributed by atoms with Crippen LogP contribution in [0.3, 0.4) is 0 Å². The van der Waals surface area contributed by atoms with Crippen LogP contribution in [0.25, 0.3) is 16.7 Å². The van der Waals surface area contributed by atoms with E-state index in [1.54, 1.807) is 4.80 Å². The highest BCUT2D eigenvalue weighted by Crippen LogP contribution is 2.23. The Kier molecular flexibility index (Phi) is 2.79. The molecule has 1 aromatic heterocycles. The van der Waals surface area contributed by atoms with Gasteiger partial charge in [-0.1, -0.05) is 18.2 Å². The minimum atomic E-state index is 0.728. The van der Waals surface area contributed by atoms with Gasteiger partial charge in [0, 0.05) is 0 Å². The molecular formula is C13H10AlN3O. The zero-order chi connectivity index (χ0) is 12.5. The highest BCUT2D eigenvalue weighted by Gasteiger charge is 2.08. The van der Waals surface area contributed by atoms with Crippen LogP contribution in [0.4, 0.5) is 0 Å². The maximum absolute atomic E-state index is 5.27. The van der Waals surface area contributed by atoms with Gasteiger partial charge in [0.15, 0.2) is 0 Å². The van der Waals surface area contributed by atoms with Gasteiger partial charge in [-0.3, -0.25) is 0 Å².